The first-order valence-corrected chi connectivity index (χ1v) is 9.72. The van der Waals surface area contributed by atoms with Crippen molar-refractivity contribution in [3.05, 3.63) is 52.8 Å². The van der Waals surface area contributed by atoms with Gasteiger partial charge < -0.3 is 13.9 Å². The molecule has 2 aromatic carbocycles. The van der Waals surface area contributed by atoms with E-state index < -0.39 is 0 Å². The number of aryl methyl sites for hydroxylation is 1. The molecule has 0 atom stereocenters. The molecule has 2 aromatic heterocycles. The molecule has 4 rings (SSSR count). The predicted molar refractivity (Wildman–Crippen MR) is 112 cm³/mol. The molecule has 4 aromatic rings. The molecule has 0 radical (unpaired) electrons. The Bertz CT molecular complexity index is 1220. The molecule has 0 N–H and O–H groups in total. The van der Waals surface area contributed by atoms with Gasteiger partial charge in [-0.2, -0.15) is 14.5 Å². The van der Waals surface area contributed by atoms with E-state index in [1.807, 2.05) is 49.4 Å². The number of methoxy groups -OCH3 is 1. The fourth-order valence-corrected chi connectivity index (χ4v) is 3.29. The Balaban J connectivity index is 1.93. The summed E-state index contributed by atoms with van der Waals surface area (Å²) in [6.07, 6.45) is 0.797. The van der Waals surface area contributed by atoms with E-state index in [9.17, 15) is 0 Å². The van der Waals surface area contributed by atoms with Crippen molar-refractivity contribution in [3.63, 3.8) is 0 Å². The lowest BCUT2D eigenvalue weighted by molar-refractivity contribution is 0.333. The number of hydrogen-bond donors (Lipinski definition) is 0. The number of nitrogens with zero attached hydrogens (tertiary/aromatic N) is 4. The van der Waals surface area contributed by atoms with Gasteiger partial charge in [0, 0.05) is 11.6 Å². The van der Waals surface area contributed by atoms with Gasteiger partial charge in [0.2, 0.25) is 4.77 Å². The smallest absolute Gasteiger partial charge is 0.329 e. The summed E-state index contributed by atoms with van der Waals surface area (Å²) in [6.45, 7) is 4.59. The first-order chi connectivity index (χ1) is 14.1. The maximum atomic E-state index is 5.95. The van der Waals surface area contributed by atoms with E-state index in [0.717, 1.165) is 23.3 Å². The average molecular weight is 408 g/mol. The molecular weight excluding hydrogens is 388 g/mol. The van der Waals surface area contributed by atoms with Crippen molar-refractivity contribution in [2.45, 2.75) is 20.3 Å². The van der Waals surface area contributed by atoms with E-state index >= 15 is 0 Å². The number of fused-ring (bicyclic) bond motifs is 1. The Hall–Kier alpha value is -3.26. The van der Waals surface area contributed by atoms with Gasteiger partial charge in [0.15, 0.2) is 5.82 Å². The summed E-state index contributed by atoms with van der Waals surface area (Å²) < 4.78 is 19.0. The normalized spacial score (nSPS) is 11.0. The average Bonchev–Trinajstić information content (AvgIpc) is 3.17. The maximum Gasteiger partial charge on any atom is 0.329 e. The van der Waals surface area contributed by atoms with Gasteiger partial charge in [0.05, 0.1) is 19.3 Å². The zero-order chi connectivity index (χ0) is 20.4. The summed E-state index contributed by atoms with van der Waals surface area (Å²) >= 11 is 5.22. The van der Waals surface area contributed by atoms with Crippen molar-refractivity contribution >= 4 is 18.1 Å². The first-order valence-electron chi connectivity index (χ1n) is 9.32. The Kier molecular flexibility index (Phi) is 5.26. The van der Waals surface area contributed by atoms with Crippen molar-refractivity contribution in [1.82, 2.24) is 19.6 Å². The van der Waals surface area contributed by atoms with Crippen LogP contribution in [0.3, 0.4) is 0 Å². The van der Waals surface area contributed by atoms with E-state index in [2.05, 4.69) is 22.0 Å². The summed E-state index contributed by atoms with van der Waals surface area (Å²) in [6, 6.07) is 13.5. The molecule has 2 heterocycles. The molecule has 0 aliphatic rings. The quantitative estimate of drug-likeness (QED) is 0.426. The highest BCUT2D eigenvalue weighted by atomic mass is 32.1. The fraction of sp³-hybridized carbons (Fsp3) is 0.238. The maximum absolute atomic E-state index is 5.95. The fourth-order valence-electron chi connectivity index (χ4n) is 3.13. The third kappa shape index (κ3) is 3.58. The van der Waals surface area contributed by atoms with Gasteiger partial charge in [0.1, 0.15) is 11.5 Å². The molecule has 7 nitrogen and oxygen atoms in total. The van der Waals surface area contributed by atoms with Gasteiger partial charge in [-0.1, -0.05) is 37.3 Å². The van der Waals surface area contributed by atoms with Gasteiger partial charge in [-0.15, -0.1) is 5.10 Å². The van der Waals surface area contributed by atoms with Crippen LogP contribution in [-0.2, 0) is 6.42 Å². The Labute approximate surface area is 173 Å². The van der Waals surface area contributed by atoms with Crippen molar-refractivity contribution in [1.29, 1.82) is 0 Å². The SMILES string of the molecule is CCOc1cc(OC)c(-c2nn3c(-c4ccccc4)nc(=S)nc3o2)cc1CC. The largest absolute Gasteiger partial charge is 0.496 e. The topological polar surface area (TPSA) is 74.7 Å². The van der Waals surface area contributed by atoms with Crippen molar-refractivity contribution < 1.29 is 13.9 Å². The Morgan fingerprint density at radius 2 is 1.86 bits per heavy atom. The third-order valence-electron chi connectivity index (χ3n) is 4.48. The molecule has 8 heteroatoms. The molecule has 0 amide bonds. The van der Waals surface area contributed by atoms with Crippen LogP contribution in [-0.4, -0.2) is 33.3 Å². The number of aromatic nitrogens is 4. The van der Waals surface area contributed by atoms with Crippen molar-refractivity contribution in [2.24, 2.45) is 0 Å². The number of rotatable bonds is 6. The van der Waals surface area contributed by atoms with Gasteiger partial charge in [0.25, 0.3) is 5.89 Å². The highest BCUT2D eigenvalue weighted by Gasteiger charge is 2.19. The molecule has 0 aliphatic carbocycles. The second-order valence-electron chi connectivity index (χ2n) is 6.24. The summed E-state index contributed by atoms with van der Waals surface area (Å²) in [7, 11) is 1.60. The second-order valence-corrected chi connectivity index (χ2v) is 6.61. The minimum absolute atomic E-state index is 0.194. The molecule has 29 heavy (non-hydrogen) atoms. The molecule has 0 unspecified atom stereocenters. The molecule has 0 fully saturated rings. The van der Waals surface area contributed by atoms with Crippen LogP contribution < -0.4 is 9.47 Å². The van der Waals surface area contributed by atoms with Gasteiger partial charge >= 0.3 is 5.84 Å². The van der Waals surface area contributed by atoms with Gasteiger partial charge in [-0.25, -0.2) is 0 Å². The first kappa shape index (κ1) is 19.1. The van der Waals surface area contributed by atoms with Gasteiger partial charge in [-0.3, -0.25) is 0 Å². The number of benzene rings is 2. The number of ether oxygens (including phenoxy) is 2. The summed E-state index contributed by atoms with van der Waals surface area (Å²) in [4.78, 5) is 8.61. The Morgan fingerprint density at radius 3 is 2.55 bits per heavy atom. The van der Waals surface area contributed by atoms with E-state index in [-0.39, 0.29) is 10.6 Å². The standard InChI is InChI=1S/C21H20N4O3S/c1-4-13-11-15(17(26-3)12-16(13)27-5-2)19-24-25-18(14-9-7-6-8-10-14)22-20(29)23-21(25)28-19/h6-12H,4-5H2,1-3H3. The van der Waals surface area contributed by atoms with Crippen molar-refractivity contribution in [3.8, 4) is 34.3 Å². The highest BCUT2D eigenvalue weighted by Crippen LogP contribution is 2.36. The van der Waals surface area contributed by atoms with Crippen LogP contribution in [0, 0.1) is 4.77 Å². The van der Waals surface area contributed by atoms with E-state index in [1.54, 1.807) is 11.6 Å². The minimum Gasteiger partial charge on any atom is -0.496 e. The van der Waals surface area contributed by atoms with Crippen LogP contribution >= 0.6 is 12.2 Å². The van der Waals surface area contributed by atoms with E-state index in [1.165, 1.54) is 0 Å². The molecule has 0 saturated carbocycles. The number of hydrogen-bond acceptors (Lipinski definition) is 7. The summed E-state index contributed by atoms with van der Waals surface area (Å²) in [5.74, 6) is 2.60. The zero-order valence-corrected chi connectivity index (χ0v) is 17.2. The molecule has 0 aliphatic heterocycles. The zero-order valence-electron chi connectivity index (χ0n) is 16.4. The van der Waals surface area contributed by atoms with Crippen LogP contribution in [0.1, 0.15) is 19.4 Å². The lowest BCUT2D eigenvalue weighted by Crippen LogP contribution is -2.01. The third-order valence-corrected chi connectivity index (χ3v) is 4.66. The molecular formula is C21H20N4O3S. The van der Waals surface area contributed by atoms with Crippen molar-refractivity contribution in [2.75, 3.05) is 13.7 Å². The van der Waals surface area contributed by atoms with Crippen LogP contribution in [0.15, 0.2) is 46.9 Å². The summed E-state index contributed by atoms with van der Waals surface area (Å²) in [5, 5.41) is 4.62. The predicted octanol–water partition coefficient (Wildman–Crippen LogP) is 4.75. The van der Waals surface area contributed by atoms with E-state index in [0.29, 0.717) is 29.6 Å². The second kappa shape index (κ2) is 8.00. The molecule has 148 valence electrons. The molecule has 0 saturated heterocycles. The van der Waals surface area contributed by atoms with E-state index in [4.69, 9.17) is 26.1 Å². The Morgan fingerprint density at radius 1 is 1.07 bits per heavy atom. The van der Waals surface area contributed by atoms with Crippen LogP contribution in [0.2, 0.25) is 0 Å². The summed E-state index contributed by atoms with van der Waals surface area (Å²) in [5.41, 5.74) is 2.61. The monoisotopic (exact) mass is 408 g/mol. The highest BCUT2D eigenvalue weighted by molar-refractivity contribution is 7.71. The van der Waals surface area contributed by atoms with Crippen LogP contribution in [0.5, 0.6) is 11.5 Å². The molecule has 0 spiro atoms. The minimum atomic E-state index is 0.194. The lowest BCUT2D eigenvalue weighted by Gasteiger charge is -2.13. The van der Waals surface area contributed by atoms with Crippen LogP contribution in [0.4, 0.5) is 0 Å². The van der Waals surface area contributed by atoms with Crippen LogP contribution in [0.25, 0.3) is 28.7 Å². The van der Waals surface area contributed by atoms with Gasteiger partial charge in [-0.05, 0) is 37.2 Å². The molecule has 0 bridgehead atoms. The lowest BCUT2D eigenvalue weighted by atomic mass is 10.1.